The number of hydrogen-bond donors (Lipinski definition) is 2. The molecule has 1 atom stereocenters. The quantitative estimate of drug-likeness (QED) is 0.569. The van der Waals surface area contributed by atoms with Gasteiger partial charge < -0.3 is 10.4 Å². The third kappa shape index (κ3) is 4.00. The molecule has 0 fully saturated rings. The number of anilines is 1. The summed E-state index contributed by atoms with van der Waals surface area (Å²) >= 11 is 0. The number of carbonyl (C=O) groups is 1. The zero-order chi connectivity index (χ0) is 13.5. The highest BCUT2D eigenvalue weighted by atomic mass is 16.6. The van der Waals surface area contributed by atoms with Crippen LogP contribution in [-0.2, 0) is 4.79 Å². The van der Waals surface area contributed by atoms with Crippen LogP contribution in [0.25, 0.3) is 0 Å². The number of nitrogens with zero attached hydrogens (tertiary/aromatic N) is 2. The predicted octanol–water partition coefficient (Wildman–Crippen LogP) is 2.05. The van der Waals surface area contributed by atoms with Crippen molar-refractivity contribution in [2.75, 3.05) is 5.32 Å². The maximum absolute atomic E-state index is 11.0. The summed E-state index contributed by atoms with van der Waals surface area (Å²) in [6.07, 6.45) is 3.38. The van der Waals surface area contributed by atoms with Gasteiger partial charge in [0.1, 0.15) is 11.9 Å². The first kappa shape index (κ1) is 13.9. The molecule has 0 aliphatic heterocycles. The fourth-order valence-electron chi connectivity index (χ4n) is 1.46. The Bertz CT molecular complexity index is 436. The lowest BCUT2D eigenvalue weighted by molar-refractivity contribution is -0.384. The Morgan fingerprint density at radius 2 is 2.39 bits per heavy atom. The zero-order valence-electron chi connectivity index (χ0n) is 10.00. The number of carboxylic acid groups (broad SMARTS) is 1. The van der Waals surface area contributed by atoms with Crippen LogP contribution < -0.4 is 5.32 Å². The van der Waals surface area contributed by atoms with Crippen molar-refractivity contribution < 1.29 is 14.8 Å². The smallest absolute Gasteiger partial charge is 0.326 e. The Morgan fingerprint density at radius 3 is 2.94 bits per heavy atom. The van der Waals surface area contributed by atoms with Crippen LogP contribution in [0.5, 0.6) is 0 Å². The molecule has 1 aromatic heterocycles. The van der Waals surface area contributed by atoms with Gasteiger partial charge in [-0.05, 0) is 6.42 Å². The summed E-state index contributed by atoms with van der Waals surface area (Å²) in [5.41, 5.74) is -0.118. The Hall–Kier alpha value is -2.18. The molecule has 2 N–H and O–H groups in total. The molecule has 0 amide bonds. The summed E-state index contributed by atoms with van der Waals surface area (Å²) in [7, 11) is 0. The van der Waals surface area contributed by atoms with E-state index in [0.29, 0.717) is 6.42 Å². The highest BCUT2D eigenvalue weighted by molar-refractivity contribution is 5.76. The van der Waals surface area contributed by atoms with Gasteiger partial charge in [0.05, 0.1) is 11.0 Å². The molecular weight excluding hydrogens is 238 g/mol. The summed E-state index contributed by atoms with van der Waals surface area (Å²) in [5, 5.41) is 22.3. The summed E-state index contributed by atoms with van der Waals surface area (Å²) in [4.78, 5) is 24.9. The first-order chi connectivity index (χ1) is 8.54. The number of aromatic nitrogens is 1. The van der Waals surface area contributed by atoms with E-state index in [1.54, 1.807) is 0 Å². The van der Waals surface area contributed by atoms with Gasteiger partial charge in [0, 0.05) is 12.3 Å². The van der Waals surface area contributed by atoms with E-state index in [1.807, 2.05) is 6.92 Å². The summed E-state index contributed by atoms with van der Waals surface area (Å²) < 4.78 is 0. The molecule has 1 heterocycles. The van der Waals surface area contributed by atoms with Crippen molar-refractivity contribution in [2.24, 2.45) is 0 Å². The van der Waals surface area contributed by atoms with Crippen LogP contribution in [0, 0.1) is 10.1 Å². The van der Waals surface area contributed by atoms with Crippen LogP contribution in [0.2, 0.25) is 0 Å². The molecule has 0 radical (unpaired) electrons. The van der Waals surface area contributed by atoms with Gasteiger partial charge >= 0.3 is 5.97 Å². The molecular formula is C11H15N3O4. The fraction of sp³-hybridized carbons (Fsp3) is 0.455. The van der Waals surface area contributed by atoms with Crippen LogP contribution in [0.1, 0.15) is 26.2 Å². The topological polar surface area (TPSA) is 105 Å². The molecule has 0 aliphatic carbocycles. The molecule has 0 aliphatic rings. The van der Waals surface area contributed by atoms with Crippen molar-refractivity contribution in [2.45, 2.75) is 32.2 Å². The zero-order valence-corrected chi connectivity index (χ0v) is 10.00. The third-order valence-electron chi connectivity index (χ3n) is 2.42. The molecule has 18 heavy (non-hydrogen) atoms. The second-order valence-corrected chi connectivity index (χ2v) is 3.83. The van der Waals surface area contributed by atoms with E-state index < -0.39 is 16.9 Å². The van der Waals surface area contributed by atoms with Gasteiger partial charge in [0.15, 0.2) is 0 Å². The lowest BCUT2D eigenvalue weighted by atomic mass is 10.1. The minimum absolute atomic E-state index is 0.118. The van der Waals surface area contributed by atoms with Gasteiger partial charge in [-0.2, -0.15) is 0 Å². The van der Waals surface area contributed by atoms with E-state index in [-0.39, 0.29) is 11.5 Å². The Morgan fingerprint density at radius 1 is 1.67 bits per heavy atom. The average Bonchev–Trinajstić information content (AvgIpc) is 2.34. The minimum atomic E-state index is -0.989. The van der Waals surface area contributed by atoms with Crippen LogP contribution >= 0.6 is 0 Å². The Kier molecular flexibility index (Phi) is 5.04. The van der Waals surface area contributed by atoms with Gasteiger partial charge in [-0.25, -0.2) is 9.78 Å². The van der Waals surface area contributed by atoms with Crippen molar-refractivity contribution in [1.82, 2.24) is 4.98 Å². The first-order valence-electron chi connectivity index (χ1n) is 5.64. The van der Waals surface area contributed by atoms with Crippen molar-refractivity contribution in [1.29, 1.82) is 0 Å². The van der Waals surface area contributed by atoms with Crippen molar-refractivity contribution in [3.8, 4) is 0 Å². The Labute approximate surface area is 104 Å². The lowest BCUT2D eigenvalue weighted by Crippen LogP contribution is -2.29. The van der Waals surface area contributed by atoms with Gasteiger partial charge in [0.25, 0.3) is 5.69 Å². The van der Waals surface area contributed by atoms with Crippen molar-refractivity contribution >= 4 is 17.5 Å². The van der Waals surface area contributed by atoms with E-state index in [1.165, 1.54) is 18.3 Å². The summed E-state index contributed by atoms with van der Waals surface area (Å²) in [5.74, 6) is -0.788. The van der Waals surface area contributed by atoms with E-state index in [4.69, 9.17) is 5.11 Å². The first-order valence-corrected chi connectivity index (χ1v) is 5.64. The molecule has 0 saturated heterocycles. The molecule has 1 rings (SSSR count). The third-order valence-corrected chi connectivity index (χ3v) is 2.42. The van der Waals surface area contributed by atoms with Crippen LogP contribution in [0.15, 0.2) is 18.3 Å². The van der Waals surface area contributed by atoms with Crippen LogP contribution in [-0.4, -0.2) is 27.0 Å². The standard InChI is InChI=1S/C11H15N3O4/c1-2-3-4-9(11(15)16)13-10-7-8(14(17)18)5-6-12-10/h5-7,9H,2-4H2,1H3,(H,12,13)(H,15,16). The van der Waals surface area contributed by atoms with E-state index in [0.717, 1.165) is 12.8 Å². The predicted molar refractivity (Wildman–Crippen MR) is 65.5 cm³/mol. The molecule has 0 spiro atoms. The summed E-state index contributed by atoms with van der Waals surface area (Å²) in [6.45, 7) is 1.96. The summed E-state index contributed by atoms with van der Waals surface area (Å²) in [6, 6.07) is 1.70. The molecule has 0 saturated carbocycles. The number of rotatable bonds is 7. The largest absolute Gasteiger partial charge is 0.480 e. The van der Waals surface area contributed by atoms with Gasteiger partial charge in [0.2, 0.25) is 0 Å². The van der Waals surface area contributed by atoms with Crippen LogP contribution in [0.3, 0.4) is 0 Å². The van der Waals surface area contributed by atoms with Crippen molar-refractivity contribution in [3.05, 3.63) is 28.4 Å². The average molecular weight is 253 g/mol. The van der Waals surface area contributed by atoms with E-state index in [2.05, 4.69) is 10.3 Å². The number of unbranched alkanes of at least 4 members (excludes halogenated alkanes) is 1. The molecule has 0 bridgehead atoms. The second kappa shape index (κ2) is 6.53. The molecule has 1 unspecified atom stereocenters. The second-order valence-electron chi connectivity index (χ2n) is 3.83. The maximum Gasteiger partial charge on any atom is 0.326 e. The number of aliphatic carboxylic acids is 1. The maximum atomic E-state index is 11.0. The van der Waals surface area contributed by atoms with Gasteiger partial charge in [-0.15, -0.1) is 0 Å². The number of carboxylic acids is 1. The molecule has 7 nitrogen and oxygen atoms in total. The minimum Gasteiger partial charge on any atom is -0.480 e. The van der Waals surface area contributed by atoms with Crippen LogP contribution in [0.4, 0.5) is 11.5 Å². The molecule has 98 valence electrons. The van der Waals surface area contributed by atoms with Crippen molar-refractivity contribution in [3.63, 3.8) is 0 Å². The number of hydrogen-bond acceptors (Lipinski definition) is 5. The lowest BCUT2D eigenvalue weighted by Gasteiger charge is -2.14. The highest BCUT2D eigenvalue weighted by Gasteiger charge is 2.18. The number of pyridine rings is 1. The normalized spacial score (nSPS) is 11.8. The number of nitro groups is 1. The van der Waals surface area contributed by atoms with E-state index >= 15 is 0 Å². The highest BCUT2D eigenvalue weighted by Crippen LogP contribution is 2.16. The van der Waals surface area contributed by atoms with Gasteiger partial charge in [-0.3, -0.25) is 10.1 Å². The monoisotopic (exact) mass is 253 g/mol. The molecule has 7 heteroatoms. The SMILES string of the molecule is CCCCC(Nc1cc([N+](=O)[O-])ccn1)C(=O)O. The molecule has 0 aromatic carbocycles. The Balaban J connectivity index is 2.77. The number of nitrogens with one attached hydrogen (secondary N) is 1. The van der Waals surface area contributed by atoms with Gasteiger partial charge in [-0.1, -0.05) is 19.8 Å². The fourth-order valence-corrected chi connectivity index (χ4v) is 1.46. The van der Waals surface area contributed by atoms with E-state index in [9.17, 15) is 14.9 Å². The molecule has 1 aromatic rings.